The van der Waals surface area contributed by atoms with Crippen molar-refractivity contribution < 1.29 is 23.0 Å². The Bertz CT molecular complexity index is 149. The maximum absolute atomic E-state index is 11.6. The zero-order valence-electron chi connectivity index (χ0n) is 8.81. The van der Waals surface area contributed by atoms with E-state index in [9.17, 15) is 13.2 Å². The second-order valence-electron chi connectivity index (χ2n) is 3.26. The minimum atomic E-state index is -4.25. The minimum Gasteiger partial charge on any atom is -0.395 e. The fraction of sp³-hybridized carbons (Fsp3) is 1.00. The van der Waals surface area contributed by atoms with Crippen molar-refractivity contribution >= 4 is 0 Å². The van der Waals surface area contributed by atoms with E-state index in [1.54, 1.807) is 0 Å². The summed E-state index contributed by atoms with van der Waals surface area (Å²) in [5.41, 5.74) is 0. The van der Waals surface area contributed by atoms with Crippen LogP contribution in [0.4, 0.5) is 13.2 Å². The second kappa shape index (κ2) is 7.90. The van der Waals surface area contributed by atoms with Gasteiger partial charge in [0, 0.05) is 12.6 Å². The summed E-state index contributed by atoms with van der Waals surface area (Å²) >= 11 is 0. The highest BCUT2D eigenvalue weighted by molar-refractivity contribution is 4.62. The fourth-order valence-corrected chi connectivity index (χ4v) is 1.01. The summed E-state index contributed by atoms with van der Waals surface area (Å²) < 4.78 is 39.3. The maximum atomic E-state index is 11.6. The normalized spacial score (nSPS) is 14.2. The van der Waals surface area contributed by atoms with Crippen LogP contribution in [-0.4, -0.2) is 43.7 Å². The van der Waals surface area contributed by atoms with Crippen molar-refractivity contribution in [3.05, 3.63) is 0 Å². The van der Waals surface area contributed by atoms with Gasteiger partial charge in [-0.3, -0.25) is 0 Å². The highest BCUT2D eigenvalue weighted by Gasteiger charge is 2.27. The third-order valence-corrected chi connectivity index (χ3v) is 1.88. The molecule has 0 saturated carbocycles. The molecule has 15 heavy (non-hydrogen) atoms. The Labute approximate surface area is 87.6 Å². The quantitative estimate of drug-likeness (QED) is 0.617. The molecule has 6 heteroatoms. The Morgan fingerprint density at radius 1 is 1.40 bits per heavy atom. The monoisotopic (exact) mass is 229 g/mol. The third kappa shape index (κ3) is 9.96. The molecule has 0 fully saturated rings. The molecule has 0 aliphatic carbocycles. The standard InChI is InChI=1S/C9H18F3NO2/c1-2-8(6-14)13-4-3-5-15-7-9(10,11)12/h8,13-14H,2-7H2,1H3. The highest BCUT2D eigenvalue weighted by atomic mass is 19.4. The molecule has 92 valence electrons. The Hall–Kier alpha value is -0.330. The summed E-state index contributed by atoms with van der Waals surface area (Å²) in [6, 6.07) is 0.0209. The summed E-state index contributed by atoms with van der Waals surface area (Å²) in [6.07, 6.45) is -2.95. The maximum Gasteiger partial charge on any atom is 0.411 e. The van der Waals surface area contributed by atoms with Gasteiger partial charge in [-0.25, -0.2) is 0 Å². The summed E-state index contributed by atoms with van der Waals surface area (Å²) in [7, 11) is 0. The van der Waals surface area contributed by atoms with Gasteiger partial charge >= 0.3 is 6.18 Å². The number of rotatable bonds is 8. The van der Waals surface area contributed by atoms with Crippen LogP contribution in [0.3, 0.4) is 0 Å². The minimum absolute atomic E-state index is 0.0209. The SMILES string of the molecule is CCC(CO)NCCCOCC(F)(F)F. The average Bonchev–Trinajstić information content (AvgIpc) is 2.15. The molecular weight excluding hydrogens is 211 g/mol. The van der Waals surface area contributed by atoms with Crippen LogP contribution in [0.2, 0.25) is 0 Å². The number of hydrogen-bond acceptors (Lipinski definition) is 3. The largest absolute Gasteiger partial charge is 0.411 e. The van der Waals surface area contributed by atoms with Crippen LogP contribution in [0, 0.1) is 0 Å². The van der Waals surface area contributed by atoms with Crippen LogP contribution in [-0.2, 0) is 4.74 Å². The molecular formula is C9H18F3NO2. The molecule has 2 N–H and O–H groups in total. The van der Waals surface area contributed by atoms with E-state index in [-0.39, 0.29) is 19.3 Å². The van der Waals surface area contributed by atoms with Gasteiger partial charge in [-0.15, -0.1) is 0 Å². The van der Waals surface area contributed by atoms with Crippen molar-refractivity contribution in [1.82, 2.24) is 5.32 Å². The van der Waals surface area contributed by atoms with Crippen molar-refractivity contribution in [2.75, 3.05) is 26.4 Å². The van der Waals surface area contributed by atoms with Crippen molar-refractivity contribution in [2.24, 2.45) is 0 Å². The van der Waals surface area contributed by atoms with Crippen molar-refractivity contribution in [2.45, 2.75) is 32.0 Å². The molecule has 0 bridgehead atoms. The molecule has 0 rings (SSSR count). The summed E-state index contributed by atoms with van der Waals surface area (Å²) in [5, 5.41) is 11.8. The lowest BCUT2D eigenvalue weighted by molar-refractivity contribution is -0.173. The van der Waals surface area contributed by atoms with Crippen LogP contribution in [0.15, 0.2) is 0 Å². The van der Waals surface area contributed by atoms with Crippen LogP contribution >= 0.6 is 0 Å². The molecule has 0 heterocycles. The molecule has 0 radical (unpaired) electrons. The predicted molar refractivity (Wildman–Crippen MR) is 50.7 cm³/mol. The number of aliphatic hydroxyl groups is 1. The molecule has 0 aromatic heterocycles. The first-order chi connectivity index (χ1) is 6.99. The van der Waals surface area contributed by atoms with Gasteiger partial charge in [-0.2, -0.15) is 13.2 Å². The van der Waals surface area contributed by atoms with Crippen molar-refractivity contribution in [3.63, 3.8) is 0 Å². The van der Waals surface area contributed by atoms with Crippen LogP contribution in [0.1, 0.15) is 19.8 Å². The molecule has 0 aliphatic rings. The Kier molecular flexibility index (Phi) is 7.72. The van der Waals surface area contributed by atoms with Gasteiger partial charge in [-0.1, -0.05) is 6.92 Å². The molecule has 0 spiro atoms. The predicted octanol–water partition coefficient (Wildman–Crippen LogP) is 1.32. The molecule has 0 saturated heterocycles. The van der Waals surface area contributed by atoms with E-state index in [2.05, 4.69) is 10.1 Å². The van der Waals surface area contributed by atoms with Gasteiger partial charge in [0.1, 0.15) is 6.61 Å². The number of alkyl halides is 3. The van der Waals surface area contributed by atoms with E-state index in [1.165, 1.54) is 0 Å². The van der Waals surface area contributed by atoms with E-state index < -0.39 is 12.8 Å². The lowest BCUT2D eigenvalue weighted by Gasteiger charge is -2.13. The van der Waals surface area contributed by atoms with Gasteiger partial charge < -0.3 is 15.2 Å². The van der Waals surface area contributed by atoms with Gasteiger partial charge in [0.25, 0.3) is 0 Å². The number of nitrogens with one attached hydrogen (secondary N) is 1. The number of aliphatic hydroxyl groups excluding tert-OH is 1. The first-order valence-electron chi connectivity index (χ1n) is 4.98. The Morgan fingerprint density at radius 3 is 2.53 bits per heavy atom. The smallest absolute Gasteiger partial charge is 0.395 e. The van der Waals surface area contributed by atoms with E-state index in [4.69, 9.17) is 5.11 Å². The number of hydrogen-bond donors (Lipinski definition) is 2. The lowest BCUT2D eigenvalue weighted by Crippen LogP contribution is -2.33. The molecule has 3 nitrogen and oxygen atoms in total. The zero-order chi connectivity index (χ0) is 11.7. The van der Waals surface area contributed by atoms with Crippen molar-refractivity contribution in [3.8, 4) is 0 Å². The Morgan fingerprint density at radius 2 is 2.07 bits per heavy atom. The van der Waals surface area contributed by atoms with E-state index in [0.29, 0.717) is 13.0 Å². The van der Waals surface area contributed by atoms with Crippen LogP contribution < -0.4 is 5.32 Å². The van der Waals surface area contributed by atoms with E-state index in [1.807, 2.05) is 6.92 Å². The molecule has 0 amide bonds. The lowest BCUT2D eigenvalue weighted by atomic mass is 10.2. The second-order valence-corrected chi connectivity index (χ2v) is 3.26. The van der Waals surface area contributed by atoms with Crippen LogP contribution in [0.5, 0.6) is 0 Å². The van der Waals surface area contributed by atoms with Gasteiger partial charge in [0.05, 0.1) is 6.61 Å². The van der Waals surface area contributed by atoms with Gasteiger partial charge in [0.2, 0.25) is 0 Å². The highest BCUT2D eigenvalue weighted by Crippen LogP contribution is 2.14. The topological polar surface area (TPSA) is 41.5 Å². The van der Waals surface area contributed by atoms with Crippen molar-refractivity contribution in [1.29, 1.82) is 0 Å². The van der Waals surface area contributed by atoms with Crippen LogP contribution in [0.25, 0.3) is 0 Å². The molecule has 0 aliphatic heterocycles. The molecule has 1 atom stereocenters. The molecule has 1 unspecified atom stereocenters. The Balaban J connectivity index is 3.25. The average molecular weight is 229 g/mol. The third-order valence-electron chi connectivity index (χ3n) is 1.88. The molecule has 0 aromatic carbocycles. The zero-order valence-corrected chi connectivity index (χ0v) is 8.81. The first-order valence-corrected chi connectivity index (χ1v) is 4.98. The summed E-state index contributed by atoms with van der Waals surface area (Å²) in [5.74, 6) is 0. The van der Waals surface area contributed by atoms with E-state index in [0.717, 1.165) is 6.42 Å². The fourth-order valence-electron chi connectivity index (χ4n) is 1.01. The first kappa shape index (κ1) is 14.7. The summed E-state index contributed by atoms with van der Waals surface area (Å²) in [6.45, 7) is 1.41. The van der Waals surface area contributed by atoms with Gasteiger partial charge in [0.15, 0.2) is 0 Å². The molecule has 0 aromatic rings. The van der Waals surface area contributed by atoms with E-state index >= 15 is 0 Å². The number of halogens is 3. The van der Waals surface area contributed by atoms with Gasteiger partial charge in [-0.05, 0) is 19.4 Å². The summed E-state index contributed by atoms with van der Waals surface area (Å²) in [4.78, 5) is 0. The number of ether oxygens (including phenoxy) is 1.